The van der Waals surface area contributed by atoms with Gasteiger partial charge in [-0.25, -0.2) is 0 Å². The first-order valence-corrected chi connectivity index (χ1v) is 4.22. The third-order valence-electron chi connectivity index (χ3n) is 2.80. The number of fused-ring (bicyclic) bond motifs is 1. The molecule has 0 bridgehead atoms. The molecule has 2 rings (SSSR count). The quantitative estimate of drug-likeness (QED) is 0.518. The van der Waals surface area contributed by atoms with Crippen LogP contribution in [0.15, 0.2) is 11.8 Å². The zero-order valence-corrected chi connectivity index (χ0v) is 7.00. The Labute approximate surface area is 66.9 Å². The zero-order valence-electron chi connectivity index (χ0n) is 7.00. The van der Waals surface area contributed by atoms with Crippen LogP contribution in [-0.2, 0) is 4.79 Å². The Morgan fingerprint density at radius 2 is 2.27 bits per heavy atom. The van der Waals surface area contributed by atoms with E-state index in [0.717, 1.165) is 13.0 Å². The summed E-state index contributed by atoms with van der Waals surface area (Å²) in [6.45, 7) is 5.06. The van der Waals surface area contributed by atoms with Gasteiger partial charge in [0.1, 0.15) is 0 Å². The van der Waals surface area contributed by atoms with Crippen molar-refractivity contribution in [3.8, 4) is 0 Å². The van der Waals surface area contributed by atoms with Gasteiger partial charge in [-0.3, -0.25) is 4.79 Å². The molecule has 2 aliphatic heterocycles. The second kappa shape index (κ2) is 2.10. The SMILES string of the molecule is CC1C(=O)C(C)N2CCC=C12. The summed E-state index contributed by atoms with van der Waals surface area (Å²) in [7, 11) is 0. The molecule has 0 aromatic rings. The summed E-state index contributed by atoms with van der Waals surface area (Å²) in [5, 5.41) is 0. The van der Waals surface area contributed by atoms with E-state index in [4.69, 9.17) is 0 Å². The summed E-state index contributed by atoms with van der Waals surface area (Å²) in [5.41, 5.74) is 1.27. The van der Waals surface area contributed by atoms with Gasteiger partial charge in [0.15, 0.2) is 5.78 Å². The molecule has 2 unspecified atom stereocenters. The molecule has 2 atom stereocenters. The van der Waals surface area contributed by atoms with Gasteiger partial charge in [0.2, 0.25) is 0 Å². The monoisotopic (exact) mass is 151 g/mol. The topological polar surface area (TPSA) is 20.3 Å². The Bertz CT molecular complexity index is 232. The lowest BCUT2D eigenvalue weighted by molar-refractivity contribution is -0.121. The van der Waals surface area contributed by atoms with E-state index in [1.807, 2.05) is 13.8 Å². The zero-order chi connectivity index (χ0) is 8.01. The second-order valence-electron chi connectivity index (χ2n) is 3.41. The molecule has 0 N–H and O–H groups in total. The van der Waals surface area contributed by atoms with Crippen molar-refractivity contribution in [2.75, 3.05) is 6.54 Å². The highest BCUT2D eigenvalue weighted by molar-refractivity contribution is 5.91. The van der Waals surface area contributed by atoms with Crippen LogP contribution in [0.5, 0.6) is 0 Å². The maximum Gasteiger partial charge on any atom is 0.163 e. The normalized spacial score (nSPS) is 36.0. The van der Waals surface area contributed by atoms with Gasteiger partial charge in [-0.15, -0.1) is 0 Å². The van der Waals surface area contributed by atoms with Crippen LogP contribution in [0.2, 0.25) is 0 Å². The predicted octanol–water partition coefficient (Wildman–Crippen LogP) is 1.18. The van der Waals surface area contributed by atoms with Crippen LogP contribution in [0.4, 0.5) is 0 Å². The highest BCUT2D eigenvalue weighted by Crippen LogP contribution is 2.33. The van der Waals surface area contributed by atoms with Crippen LogP contribution in [0.3, 0.4) is 0 Å². The minimum absolute atomic E-state index is 0.138. The summed E-state index contributed by atoms with van der Waals surface area (Å²) in [6.07, 6.45) is 3.32. The van der Waals surface area contributed by atoms with Gasteiger partial charge in [0.05, 0.1) is 12.0 Å². The van der Waals surface area contributed by atoms with Gasteiger partial charge in [0, 0.05) is 12.2 Å². The lowest BCUT2D eigenvalue weighted by atomic mass is 10.0. The van der Waals surface area contributed by atoms with E-state index in [-0.39, 0.29) is 12.0 Å². The molecule has 1 saturated heterocycles. The van der Waals surface area contributed by atoms with Crippen molar-refractivity contribution in [2.24, 2.45) is 5.92 Å². The number of Topliss-reactive ketones (excluding diaryl/α,β-unsaturated/α-hetero) is 1. The molecule has 1 fully saturated rings. The first kappa shape index (κ1) is 6.89. The van der Waals surface area contributed by atoms with Crippen LogP contribution in [-0.4, -0.2) is 23.3 Å². The average Bonchev–Trinajstić information content (AvgIpc) is 2.53. The molecule has 0 aliphatic carbocycles. The minimum Gasteiger partial charge on any atom is -0.364 e. The summed E-state index contributed by atoms with van der Waals surface area (Å²) in [4.78, 5) is 13.7. The summed E-state index contributed by atoms with van der Waals surface area (Å²) in [5.74, 6) is 0.545. The van der Waals surface area contributed by atoms with Gasteiger partial charge in [-0.05, 0) is 20.3 Å². The van der Waals surface area contributed by atoms with Crippen LogP contribution < -0.4 is 0 Å². The first-order chi connectivity index (χ1) is 5.22. The number of hydrogen-bond acceptors (Lipinski definition) is 2. The minimum atomic E-state index is 0.138. The fourth-order valence-electron chi connectivity index (χ4n) is 2.10. The largest absolute Gasteiger partial charge is 0.364 e. The molecular weight excluding hydrogens is 138 g/mol. The molecule has 0 radical (unpaired) electrons. The first-order valence-electron chi connectivity index (χ1n) is 4.22. The molecule has 0 aromatic heterocycles. The molecule has 60 valence electrons. The van der Waals surface area contributed by atoms with Gasteiger partial charge in [-0.1, -0.05) is 6.08 Å². The Morgan fingerprint density at radius 3 is 2.91 bits per heavy atom. The van der Waals surface area contributed by atoms with E-state index in [0.29, 0.717) is 5.78 Å². The molecule has 0 saturated carbocycles. The van der Waals surface area contributed by atoms with Crippen molar-refractivity contribution in [3.05, 3.63) is 11.8 Å². The van der Waals surface area contributed by atoms with Crippen LogP contribution in [0, 0.1) is 5.92 Å². The molecule has 0 amide bonds. The Balaban J connectivity index is 2.35. The van der Waals surface area contributed by atoms with Crippen molar-refractivity contribution in [3.63, 3.8) is 0 Å². The molecule has 2 heterocycles. The summed E-state index contributed by atoms with van der Waals surface area (Å²) in [6, 6.07) is 0.138. The average molecular weight is 151 g/mol. The number of ketones is 1. The third kappa shape index (κ3) is 0.753. The standard InChI is InChI=1S/C9H13NO/c1-6-8-4-3-5-10(8)7(2)9(6)11/h4,6-7H,3,5H2,1-2H3. The molecule has 0 spiro atoms. The van der Waals surface area contributed by atoms with Gasteiger partial charge in [-0.2, -0.15) is 0 Å². The molecule has 2 aliphatic rings. The Kier molecular flexibility index (Phi) is 1.31. The van der Waals surface area contributed by atoms with E-state index in [1.54, 1.807) is 0 Å². The lowest BCUT2D eigenvalue weighted by Gasteiger charge is -2.18. The fraction of sp³-hybridized carbons (Fsp3) is 0.667. The third-order valence-corrected chi connectivity index (χ3v) is 2.80. The molecular formula is C9H13NO. The Hall–Kier alpha value is -0.790. The van der Waals surface area contributed by atoms with Crippen LogP contribution >= 0.6 is 0 Å². The lowest BCUT2D eigenvalue weighted by Crippen LogP contribution is -2.27. The van der Waals surface area contributed by atoms with E-state index < -0.39 is 0 Å². The Morgan fingerprint density at radius 1 is 1.55 bits per heavy atom. The van der Waals surface area contributed by atoms with Crippen molar-refractivity contribution in [1.82, 2.24) is 4.90 Å². The van der Waals surface area contributed by atoms with Crippen molar-refractivity contribution in [1.29, 1.82) is 0 Å². The number of hydrogen-bond donors (Lipinski definition) is 0. The van der Waals surface area contributed by atoms with E-state index >= 15 is 0 Å². The molecule has 2 heteroatoms. The van der Waals surface area contributed by atoms with Crippen molar-refractivity contribution < 1.29 is 4.79 Å². The summed E-state index contributed by atoms with van der Waals surface area (Å²) < 4.78 is 0. The molecule has 0 aromatic carbocycles. The second-order valence-corrected chi connectivity index (χ2v) is 3.41. The molecule has 11 heavy (non-hydrogen) atoms. The van der Waals surface area contributed by atoms with E-state index in [1.165, 1.54) is 5.70 Å². The van der Waals surface area contributed by atoms with Gasteiger partial charge in [0.25, 0.3) is 0 Å². The number of nitrogens with zero attached hydrogens (tertiary/aromatic N) is 1. The van der Waals surface area contributed by atoms with Gasteiger partial charge < -0.3 is 4.90 Å². The highest BCUT2D eigenvalue weighted by atomic mass is 16.1. The fourth-order valence-corrected chi connectivity index (χ4v) is 2.10. The predicted molar refractivity (Wildman–Crippen MR) is 43.0 cm³/mol. The summed E-state index contributed by atoms with van der Waals surface area (Å²) >= 11 is 0. The molecule has 2 nitrogen and oxygen atoms in total. The maximum atomic E-state index is 11.4. The van der Waals surface area contributed by atoms with Crippen LogP contribution in [0.25, 0.3) is 0 Å². The smallest absolute Gasteiger partial charge is 0.163 e. The number of carbonyl (C=O) groups excluding carboxylic acids is 1. The number of allylic oxidation sites excluding steroid dienone is 1. The van der Waals surface area contributed by atoms with Crippen molar-refractivity contribution in [2.45, 2.75) is 26.3 Å². The highest BCUT2D eigenvalue weighted by Gasteiger charge is 2.39. The number of carbonyl (C=O) groups is 1. The van der Waals surface area contributed by atoms with Crippen LogP contribution in [0.1, 0.15) is 20.3 Å². The van der Waals surface area contributed by atoms with E-state index in [9.17, 15) is 4.79 Å². The van der Waals surface area contributed by atoms with Crippen molar-refractivity contribution >= 4 is 5.78 Å². The number of rotatable bonds is 0. The van der Waals surface area contributed by atoms with E-state index in [2.05, 4.69) is 11.0 Å². The maximum absolute atomic E-state index is 11.4. The van der Waals surface area contributed by atoms with Gasteiger partial charge >= 0.3 is 0 Å².